The first-order chi connectivity index (χ1) is 9.91. The van der Waals surface area contributed by atoms with E-state index in [1.54, 1.807) is 38.1 Å². The molecule has 108 valence electrons. The van der Waals surface area contributed by atoms with E-state index in [1.807, 2.05) is 0 Å². The molecule has 2 aromatic rings. The molecule has 0 aliphatic heterocycles. The molecule has 0 aliphatic carbocycles. The van der Waals surface area contributed by atoms with E-state index < -0.39 is 10.8 Å². The summed E-state index contributed by atoms with van der Waals surface area (Å²) in [5.74, 6) is -0.536. The van der Waals surface area contributed by atoms with Crippen LogP contribution in [0.4, 0.5) is 11.4 Å². The Kier molecular flexibility index (Phi) is 3.89. The number of nitrogens with zero attached hydrogens (tertiary/aromatic N) is 1. The van der Waals surface area contributed by atoms with Crippen molar-refractivity contribution in [2.75, 3.05) is 5.32 Å². The summed E-state index contributed by atoms with van der Waals surface area (Å²) < 4.78 is 0. The Morgan fingerprint density at radius 1 is 1.19 bits per heavy atom. The predicted molar refractivity (Wildman–Crippen MR) is 78.6 cm³/mol. The second-order valence-electron chi connectivity index (χ2n) is 4.63. The summed E-state index contributed by atoms with van der Waals surface area (Å²) in [7, 11) is 0. The lowest BCUT2D eigenvalue weighted by atomic mass is 10.1. The highest BCUT2D eigenvalue weighted by molar-refractivity contribution is 6.07. The average Bonchev–Trinajstić information content (AvgIpc) is 2.43. The molecule has 0 fully saturated rings. The van der Waals surface area contributed by atoms with E-state index in [9.17, 15) is 20.0 Å². The van der Waals surface area contributed by atoms with Gasteiger partial charge in [-0.05, 0) is 32.0 Å². The molecule has 0 spiro atoms. The lowest BCUT2D eigenvalue weighted by Gasteiger charge is -2.10. The van der Waals surface area contributed by atoms with Crippen molar-refractivity contribution in [3.05, 3.63) is 63.2 Å². The predicted octanol–water partition coefficient (Wildman–Crippen LogP) is 3.17. The maximum absolute atomic E-state index is 12.3. The fraction of sp³-hybridized carbons (Fsp3) is 0.133. The molecular weight excluding hydrogens is 272 g/mol. The van der Waals surface area contributed by atoms with Gasteiger partial charge in [0.05, 0.1) is 4.92 Å². The summed E-state index contributed by atoms with van der Waals surface area (Å²) in [5.41, 5.74) is 1.10. The van der Waals surface area contributed by atoms with Gasteiger partial charge < -0.3 is 10.4 Å². The van der Waals surface area contributed by atoms with Gasteiger partial charge in [0.15, 0.2) is 0 Å². The van der Waals surface area contributed by atoms with E-state index in [1.165, 1.54) is 12.1 Å². The first kappa shape index (κ1) is 14.5. The molecule has 6 heteroatoms. The molecule has 2 rings (SSSR count). The number of nitro groups is 1. The SMILES string of the molecule is Cc1cccc(C(=O)Nc2cccc(O)c2C)c1[N+](=O)[O-]. The zero-order chi connectivity index (χ0) is 15.6. The van der Waals surface area contributed by atoms with Crippen molar-refractivity contribution in [2.45, 2.75) is 13.8 Å². The Balaban J connectivity index is 2.40. The molecule has 21 heavy (non-hydrogen) atoms. The summed E-state index contributed by atoms with van der Waals surface area (Å²) in [4.78, 5) is 22.8. The second kappa shape index (κ2) is 5.62. The number of hydrogen-bond donors (Lipinski definition) is 2. The minimum absolute atomic E-state index is 0.0113. The first-order valence-corrected chi connectivity index (χ1v) is 6.25. The van der Waals surface area contributed by atoms with Crippen LogP contribution in [-0.2, 0) is 0 Å². The van der Waals surface area contributed by atoms with Gasteiger partial charge in [0, 0.05) is 16.8 Å². The summed E-state index contributed by atoms with van der Waals surface area (Å²) >= 11 is 0. The van der Waals surface area contributed by atoms with Crippen LogP contribution in [0.2, 0.25) is 0 Å². The van der Waals surface area contributed by atoms with Crippen molar-refractivity contribution in [1.29, 1.82) is 0 Å². The number of amides is 1. The number of carbonyl (C=O) groups excluding carboxylic acids is 1. The third-order valence-electron chi connectivity index (χ3n) is 3.22. The van der Waals surface area contributed by atoms with Crippen molar-refractivity contribution in [1.82, 2.24) is 0 Å². The Labute approximate surface area is 121 Å². The molecule has 6 nitrogen and oxygen atoms in total. The number of anilines is 1. The average molecular weight is 286 g/mol. The van der Waals surface area contributed by atoms with Gasteiger partial charge >= 0.3 is 0 Å². The Hall–Kier alpha value is -2.89. The number of para-hydroxylation sites is 1. The van der Waals surface area contributed by atoms with Gasteiger partial charge in [-0.25, -0.2) is 0 Å². The molecule has 0 aliphatic rings. The van der Waals surface area contributed by atoms with Crippen molar-refractivity contribution in [2.24, 2.45) is 0 Å². The number of phenols is 1. The minimum Gasteiger partial charge on any atom is -0.508 e. The van der Waals surface area contributed by atoms with E-state index in [2.05, 4.69) is 5.32 Å². The van der Waals surface area contributed by atoms with E-state index in [4.69, 9.17) is 0 Å². The summed E-state index contributed by atoms with van der Waals surface area (Å²) in [5, 5.41) is 23.3. The van der Waals surface area contributed by atoms with Crippen LogP contribution >= 0.6 is 0 Å². The minimum atomic E-state index is -0.584. The highest BCUT2D eigenvalue weighted by Gasteiger charge is 2.22. The van der Waals surface area contributed by atoms with Gasteiger partial charge in [0.1, 0.15) is 11.3 Å². The lowest BCUT2D eigenvalue weighted by Crippen LogP contribution is -2.15. The number of aryl methyl sites for hydroxylation is 1. The van der Waals surface area contributed by atoms with Crippen LogP contribution in [0.3, 0.4) is 0 Å². The number of carbonyl (C=O) groups is 1. The van der Waals surface area contributed by atoms with E-state index in [0.717, 1.165) is 0 Å². The summed E-state index contributed by atoms with van der Waals surface area (Å²) in [6.45, 7) is 3.23. The number of nitro benzene ring substituents is 1. The highest BCUT2D eigenvalue weighted by atomic mass is 16.6. The molecule has 2 aromatic carbocycles. The number of phenolic OH excluding ortho intramolecular Hbond substituents is 1. The van der Waals surface area contributed by atoms with Crippen molar-refractivity contribution >= 4 is 17.3 Å². The van der Waals surface area contributed by atoms with Crippen LogP contribution in [0.1, 0.15) is 21.5 Å². The smallest absolute Gasteiger partial charge is 0.285 e. The maximum atomic E-state index is 12.3. The molecule has 0 saturated heterocycles. The molecular formula is C15H14N2O4. The number of hydrogen-bond acceptors (Lipinski definition) is 4. The maximum Gasteiger partial charge on any atom is 0.285 e. The normalized spacial score (nSPS) is 10.2. The second-order valence-corrected chi connectivity index (χ2v) is 4.63. The molecule has 0 saturated carbocycles. The molecule has 2 N–H and O–H groups in total. The van der Waals surface area contributed by atoms with E-state index >= 15 is 0 Å². The van der Waals surface area contributed by atoms with Gasteiger partial charge in [-0.2, -0.15) is 0 Å². The fourth-order valence-electron chi connectivity index (χ4n) is 2.03. The van der Waals surface area contributed by atoms with Crippen LogP contribution in [0.15, 0.2) is 36.4 Å². The monoisotopic (exact) mass is 286 g/mol. The van der Waals surface area contributed by atoms with Crippen LogP contribution in [0.5, 0.6) is 5.75 Å². The summed E-state index contributed by atoms with van der Waals surface area (Å²) in [6.07, 6.45) is 0. The van der Waals surface area contributed by atoms with Crippen molar-refractivity contribution in [3.63, 3.8) is 0 Å². The topological polar surface area (TPSA) is 92.5 Å². The lowest BCUT2D eigenvalue weighted by molar-refractivity contribution is -0.385. The number of rotatable bonds is 3. The van der Waals surface area contributed by atoms with Gasteiger partial charge in [0.25, 0.3) is 11.6 Å². The van der Waals surface area contributed by atoms with Crippen LogP contribution < -0.4 is 5.32 Å². The van der Waals surface area contributed by atoms with Gasteiger partial charge in [-0.3, -0.25) is 14.9 Å². The van der Waals surface area contributed by atoms with E-state index in [0.29, 0.717) is 16.8 Å². The third kappa shape index (κ3) is 2.84. The molecule has 0 radical (unpaired) electrons. The first-order valence-electron chi connectivity index (χ1n) is 6.25. The van der Waals surface area contributed by atoms with Crippen molar-refractivity contribution < 1.29 is 14.8 Å². The van der Waals surface area contributed by atoms with Crippen LogP contribution in [0, 0.1) is 24.0 Å². The quantitative estimate of drug-likeness (QED) is 0.669. The summed E-state index contributed by atoms with van der Waals surface area (Å²) in [6, 6.07) is 9.27. The largest absolute Gasteiger partial charge is 0.508 e. The molecule has 0 atom stereocenters. The highest BCUT2D eigenvalue weighted by Crippen LogP contribution is 2.27. The molecule has 0 unspecified atom stereocenters. The molecule has 0 heterocycles. The van der Waals surface area contributed by atoms with Gasteiger partial charge in [0.2, 0.25) is 0 Å². The molecule has 1 amide bonds. The number of aromatic hydroxyl groups is 1. The standard InChI is InChI=1S/C15H14N2O4/c1-9-5-3-6-11(14(9)17(20)21)15(19)16-12-7-4-8-13(18)10(12)2/h3-8,18H,1-2H3,(H,16,19). The molecule has 0 bridgehead atoms. The van der Waals surface area contributed by atoms with Crippen LogP contribution in [0.25, 0.3) is 0 Å². The van der Waals surface area contributed by atoms with E-state index in [-0.39, 0.29) is 17.0 Å². The molecule has 0 aromatic heterocycles. The fourth-order valence-corrected chi connectivity index (χ4v) is 2.03. The number of benzene rings is 2. The number of nitrogens with one attached hydrogen (secondary N) is 1. The van der Waals surface area contributed by atoms with Crippen LogP contribution in [-0.4, -0.2) is 15.9 Å². The van der Waals surface area contributed by atoms with Gasteiger partial charge in [-0.15, -0.1) is 0 Å². The van der Waals surface area contributed by atoms with Crippen molar-refractivity contribution in [3.8, 4) is 5.75 Å². The zero-order valence-corrected chi connectivity index (χ0v) is 11.6. The third-order valence-corrected chi connectivity index (χ3v) is 3.22. The zero-order valence-electron chi connectivity index (χ0n) is 11.6. The Morgan fingerprint density at radius 3 is 2.52 bits per heavy atom. The van der Waals surface area contributed by atoms with Gasteiger partial charge in [-0.1, -0.05) is 18.2 Å². The Bertz CT molecular complexity index is 726. The Morgan fingerprint density at radius 2 is 1.86 bits per heavy atom.